The van der Waals surface area contributed by atoms with E-state index >= 15 is 0 Å². The van der Waals surface area contributed by atoms with Gasteiger partial charge in [0.2, 0.25) is 0 Å². The van der Waals surface area contributed by atoms with Crippen LogP contribution in [0.4, 0.5) is 5.82 Å². The second-order valence-electron chi connectivity index (χ2n) is 7.45. The predicted molar refractivity (Wildman–Crippen MR) is 112 cm³/mol. The first-order valence-electron chi connectivity index (χ1n) is 9.55. The normalized spacial score (nSPS) is 16.6. The molecule has 2 aromatic carbocycles. The van der Waals surface area contributed by atoms with E-state index < -0.39 is 17.2 Å². The summed E-state index contributed by atoms with van der Waals surface area (Å²) in [5.41, 5.74) is 3.10. The summed E-state index contributed by atoms with van der Waals surface area (Å²) < 4.78 is 8.11. The van der Waals surface area contributed by atoms with Gasteiger partial charge in [-0.05, 0) is 12.1 Å². The van der Waals surface area contributed by atoms with Crippen molar-refractivity contribution in [2.45, 2.75) is 5.92 Å². The van der Waals surface area contributed by atoms with Gasteiger partial charge >= 0.3 is 5.69 Å². The number of ether oxygens (including phenoxy) is 1. The molecule has 1 atom stereocenters. The summed E-state index contributed by atoms with van der Waals surface area (Å²) in [5.74, 6) is 0.528. The molecular formula is C23H20N3O4+. The number of aromatic nitrogens is 2. The number of rotatable bonds is 2. The number of nitrogens with one attached hydrogen (secondary N) is 1. The summed E-state index contributed by atoms with van der Waals surface area (Å²) in [6, 6.07) is 14.9. The molecule has 0 spiro atoms. The second-order valence-corrected chi connectivity index (χ2v) is 7.45. The standard InChI is InChI=1S/C23H19N3O4/c1-25-21-18(22(28)26(2)23(25)29)16(14-10-6-7-11-15(14)30-3)17-19(24-21)12-8-4-5-9-13(12)20(17)27/h4-11,16,27H,1-3H3/p+1. The minimum atomic E-state index is -0.606. The number of methoxy groups -OCH3 is 1. The highest BCUT2D eigenvalue weighted by atomic mass is 16.5. The molecule has 1 aliphatic carbocycles. The van der Waals surface area contributed by atoms with E-state index in [1.54, 1.807) is 14.2 Å². The first-order chi connectivity index (χ1) is 14.5. The Morgan fingerprint density at radius 2 is 1.63 bits per heavy atom. The number of para-hydroxylation sites is 1. The molecule has 2 heterocycles. The van der Waals surface area contributed by atoms with Gasteiger partial charge in [-0.1, -0.05) is 36.4 Å². The van der Waals surface area contributed by atoms with Crippen molar-refractivity contribution in [3.8, 4) is 5.75 Å². The zero-order chi connectivity index (χ0) is 21.2. The molecular weight excluding hydrogens is 382 g/mol. The van der Waals surface area contributed by atoms with Gasteiger partial charge in [-0.25, -0.2) is 14.4 Å². The Morgan fingerprint density at radius 1 is 0.967 bits per heavy atom. The molecule has 2 aliphatic rings. The van der Waals surface area contributed by atoms with E-state index in [0.717, 1.165) is 15.7 Å². The van der Waals surface area contributed by atoms with Crippen molar-refractivity contribution in [2.75, 3.05) is 7.11 Å². The maximum atomic E-state index is 13.3. The fourth-order valence-corrected chi connectivity index (χ4v) is 4.49. The van der Waals surface area contributed by atoms with Crippen LogP contribution in [0, 0.1) is 0 Å². The number of nitrogens with zero attached hydrogens (tertiary/aromatic N) is 2. The van der Waals surface area contributed by atoms with E-state index in [1.807, 2.05) is 48.5 Å². The lowest BCUT2D eigenvalue weighted by atomic mass is 9.81. The van der Waals surface area contributed by atoms with Crippen molar-refractivity contribution in [2.24, 2.45) is 14.1 Å². The summed E-state index contributed by atoms with van der Waals surface area (Å²) in [5, 5.41) is 11.2. The maximum absolute atomic E-state index is 13.3. The van der Waals surface area contributed by atoms with Crippen molar-refractivity contribution in [3.05, 3.63) is 97.2 Å². The molecule has 2 N–H and O–H groups in total. The number of aliphatic hydroxyl groups is 1. The highest BCUT2D eigenvalue weighted by Gasteiger charge is 2.45. The average Bonchev–Trinajstić information content (AvgIpc) is 3.07. The molecule has 0 saturated heterocycles. The van der Waals surface area contributed by atoms with Gasteiger partial charge in [0.25, 0.3) is 11.4 Å². The van der Waals surface area contributed by atoms with E-state index in [-0.39, 0.29) is 5.76 Å². The summed E-state index contributed by atoms with van der Waals surface area (Å²) in [6.07, 6.45) is 0. The van der Waals surface area contributed by atoms with Crippen molar-refractivity contribution in [1.82, 2.24) is 9.13 Å². The number of hydrogen-bond acceptors (Lipinski definition) is 4. The van der Waals surface area contributed by atoms with E-state index in [2.05, 4.69) is 4.99 Å². The van der Waals surface area contributed by atoms with E-state index in [4.69, 9.17) is 4.74 Å². The van der Waals surface area contributed by atoms with E-state index in [9.17, 15) is 14.7 Å². The highest BCUT2D eigenvalue weighted by Crippen LogP contribution is 2.45. The Hall–Kier alpha value is -3.87. The van der Waals surface area contributed by atoms with Gasteiger partial charge < -0.3 is 9.84 Å². The van der Waals surface area contributed by atoms with Crippen molar-refractivity contribution in [1.29, 1.82) is 0 Å². The maximum Gasteiger partial charge on any atom is 0.417 e. The third-order valence-electron chi connectivity index (χ3n) is 5.95. The van der Waals surface area contributed by atoms with Crippen LogP contribution in [0.5, 0.6) is 5.75 Å². The highest BCUT2D eigenvalue weighted by molar-refractivity contribution is 6.21. The van der Waals surface area contributed by atoms with Crippen molar-refractivity contribution in [3.63, 3.8) is 0 Å². The molecule has 0 amide bonds. The fourth-order valence-electron chi connectivity index (χ4n) is 4.49. The Balaban J connectivity index is 1.97. The lowest BCUT2D eigenvalue weighted by molar-refractivity contribution is -0.364. The molecule has 150 valence electrons. The quantitative estimate of drug-likeness (QED) is 0.661. The molecule has 7 nitrogen and oxygen atoms in total. The molecule has 0 bridgehead atoms. The lowest BCUT2D eigenvalue weighted by Crippen LogP contribution is -2.73. The van der Waals surface area contributed by atoms with Crippen LogP contribution >= 0.6 is 0 Å². The topological polar surface area (TPSA) is 87.4 Å². The Kier molecular flexibility index (Phi) is 3.83. The monoisotopic (exact) mass is 402 g/mol. The Labute approximate surface area is 171 Å². The van der Waals surface area contributed by atoms with Gasteiger partial charge in [0, 0.05) is 23.7 Å². The summed E-state index contributed by atoms with van der Waals surface area (Å²) in [7, 11) is 4.66. The van der Waals surface area contributed by atoms with Gasteiger partial charge in [0.05, 0.1) is 25.6 Å². The number of allylic oxidation sites excluding steroid dienone is 1. The summed E-state index contributed by atoms with van der Waals surface area (Å²) in [4.78, 5) is 29.2. The van der Waals surface area contributed by atoms with Crippen LogP contribution in [0.25, 0.3) is 5.76 Å². The summed E-state index contributed by atoms with van der Waals surface area (Å²) >= 11 is 0. The number of benzene rings is 2. The largest absolute Gasteiger partial charge is 0.507 e. The molecule has 0 fully saturated rings. The van der Waals surface area contributed by atoms with Gasteiger partial charge in [-0.15, -0.1) is 0 Å². The van der Waals surface area contributed by atoms with Crippen LogP contribution in [0.3, 0.4) is 0 Å². The first kappa shape index (κ1) is 18.2. The molecule has 1 unspecified atom stereocenters. The predicted octanol–water partition coefficient (Wildman–Crippen LogP) is 0.722. The zero-order valence-corrected chi connectivity index (χ0v) is 16.8. The summed E-state index contributed by atoms with van der Waals surface area (Å²) in [6.45, 7) is 0. The van der Waals surface area contributed by atoms with Crippen LogP contribution in [-0.4, -0.2) is 27.1 Å². The Morgan fingerprint density at radius 3 is 2.37 bits per heavy atom. The second kappa shape index (κ2) is 6.32. The smallest absolute Gasteiger partial charge is 0.417 e. The van der Waals surface area contributed by atoms with Crippen LogP contribution < -0.4 is 21.0 Å². The van der Waals surface area contributed by atoms with Gasteiger partial charge in [-0.3, -0.25) is 4.79 Å². The first-order valence-corrected chi connectivity index (χ1v) is 9.55. The third kappa shape index (κ3) is 2.23. The number of hydrogen-bond donors (Lipinski definition) is 2. The SMILES string of the molecule is COc1ccccc1C1C2=C(O)c3ccccc3C2=[NH+]c2c1c(=O)n(C)c(=O)n2C. The third-order valence-corrected chi connectivity index (χ3v) is 5.95. The van der Waals surface area contributed by atoms with Crippen molar-refractivity contribution < 1.29 is 14.8 Å². The van der Waals surface area contributed by atoms with E-state index in [1.165, 1.54) is 11.6 Å². The van der Waals surface area contributed by atoms with Gasteiger partial charge in [0.1, 0.15) is 22.8 Å². The zero-order valence-electron chi connectivity index (χ0n) is 16.8. The molecule has 3 aromatic rings. The molecule has 7 heteroatoms. The molecule has 30 heavy (non-hydrogen) atoms. The van der Waals surface area contributed by atoms with Crippen LogP contribution in [0.1, 0.15) is 28.2 Å². The molecule has 0 radical (unpaired) electrons. The lowest BCUT2D eigenvalue weighted by Gasteiger charge is -2.25. The minimum Gasteiger partial charge on any atom is -0.507 e. The van der Waals surface area contributed by atoms with Gasteiger partial charge in [0.15, 0.2) is 0 Å². The molecule has 1 aromatic heterocycles. The number of fused-ring (bicyclic) bond motifs is 4. The van der Waals surface area contributed by atoms with Crippen LogP contribution in [-0.2, 0) is 14.1 Å². The number of aliphatic hydroxyl groups excluding tert-OH is 1. The van der Waals surface area contributed by atoms with Crippen molar-refractivity contribution >= 4 is 17.3 Å². The Bertz CT molecular complexity index is 1410. The van der Waals surface area contributed by atoms with Crippen LogP contribution in [0.2, 0.25) is 0 Å². The molecule has 0 saturated carbocycles. The molecule has 5 rings (SSSR count). The average molecular weight is 402 g/mol. The van der Waals surface area contributed by atoms with Gasteiger partial charge in [-0.2, -0.15) is 4.57 Å². The minimum absolute atomic E-state index is 0.116. The molecule has 1 aliphatic heterocycles. The van der Waals surface area contributed by atoms with Crippen LogP contribution in [0.15, 0.2) is 63.7 Å². The fraction of sp³-hybridized carbons (Fsp3) is 0.174. The van der Waals surface area contributed by atoms with E-state index in [0.29, 0.717) is 34.0 Å².